The molecule has 2 aromatic rings. The van der Waals surface area contributed by atoms with Crippen molar-refractivity contribution in [2.24, 2.45) is 0 Å². The number of unbranched alkanes of at least 4 members (excludes halogenated alkanes) is 5. The van der Waals surface area contributed by atoms with Crippen LogP contribution in [0.5, 0.6) is 0 Å². The summed E-state index contributed by atoms with van der Waals surface area (Å²) in [5, 5.41) is 4.01. The number of hydrogen-bond donors (Lipinski definition) is 1. The van der Waals surface area contributed by atoms with Gasteiger partial charge in [-0.2, -0.15) is 4.98 Å². The zero-order chi connectivity index (χ0) is 14.2. The van der Waals surface area contributed by atoms with Gasteiger partial charge in [-0.1, -0.05) is 56.3 Å². The molecule has 2 rings (SSSR count). The van der Waals surface area contributed by atoms with Crippen LogP contribution in [0.3, 0.4) is 0 Å². The Morgan fingerprint density at radius 3 is 2.70 bits per heavy atom. The van der Waals surface area contributed by atoms with Gasteiger partial charge in [0.1, 0.15) is 0 Å². The second-order valence-electron chi connectivity index (χ2n) is 5.15. The van der Waals surface area contributed by atoms with Gasteiger partial charge in [0.2, 0.25) is 11.7 Å². The average Bonchev–Trinajstić information content (AvgIpc) is 2.91. The van der Waals surface area contributed by atoms with E-state index < -0.39 is 0 Å². The Hall–Kier alpha value is -1.84. The Bertz CT molecular complexity index is 522. The number of nitrogens with zero attached hydrogens (tertiary/aromatic N) is 2. The molecule has 0 amide bonds. The molecule has 2 N–H and O–H groups in total. The molecule has 0 spiro atoms. The largest absolute Gasteiger partial charge is 0.399 e. The van der Waals surface area contributed by atoms with Gasteiger partial charge in [0, 0.05) is 17.7 Å². The van der Waals surface area contributed by atoms with Crippen LogP contribution in [0.25, 0.3) is 11.4 Å². The maximum absolute atomic E-state index is 5.75. The smallest absolute Gasteiger partial charge is 0.226 e. The molecule has 1 heterocycles. The first-order chi connectivity index (χ1) is 9.79. The summed E-state index contributed by atoms with van der Waals surface area (Å²) in [7, 11) is 0. The molecule has 0 unspecified atom stereocenters. The van der Waals surface area contributed by atoms with Crippen molar-refractivity contribution in [1.29, 1.82) is 0 Å². The maximum atomic E-state index is 5.75. The molecule has 0 aliphatic heterocycles. The lowest BCUT2D eigenvalue weighted by Gasteiger charge is -1.97. The van der Waals surface area contributed by atoms with Gasteiger partial charge in [0.15, 0.2) is 0 Å². The Labute approximate surface area is 120 Å². The number of nitrogen functional groups attached to an aromatic ring is 1. The van der Waals surface area contributed by atoms with E-state index in [9.17, 15) is 0 Å². The zero-order valence-electron chi connectivity index (χ0n) is 12.1. The molecule has 0 fully saturated rings. The number of benzene rings is 1. The molecule has 4 heteroatoms. The summed E-state index contributed by atoms with van der Waals surface area (Å²) in [4.78, 5) is 4.42. The summed E-state index contributed by atoms with van der Waals surface area (Å²) in [5.41, 5.74) is 7.37. The molecule has 20 heavy (non-hydrogen) atoms. The average molecular weight is 273 g/mol. The van der Waals surface area contributed by atoms with Crippen LogP contribution in [-0.4, -0.2) is 10.1 Å². The van der Waals surface area contributed by atoms with Crippen LogP contribution in [0.15, 0.2) is 28.8 Å². The molecule has 108 valence electrons. The van der Waals surface area contributed by atoms with Gasteiger partial charge in [-0.3, -0.25) is 0 Å². The van der Waals surface area contributed by atoms with Crippen LogP contribution in [-0.2, 0) is 6.42 Å². The SMILES string of the molecule is CCCCCCCCc1nc(-c2cccc(N)c2)no1. The highest BCUT2D eigenvalue weighted by atomic mass is 16.5. The molecule has 1 aromatic carbocycles. The Morgan fingerprint density at radius 2 is 1.90 bits per heavy atom. The number of hydrogen-bond acceptors (Lipinski definition) is 4. The van der Waals surface area contributed by atoms with Crippen molar-refractivity contribution in [2.45, 2.75) is 51.9 Å². The summed E-state index contributed by atoms with van der Waals surface area (Å²) >= 11 is 0. The van der Waals surface area contributed by atoms with E-state index in [0.717, 1.165) is 24.3 Å². The molecule has 0 saturated heterocycles. The van der Waals surface area contributed by atoms with Crippen molar-refractivity contribution in [3.63, 3.8) is 0 Å². The molecule has 0 atom stereocenters. The molecule has 1 aromatic heterocycles. The fraction of sp³-hybridized carbons (Fsp3) is 0.500. The standard InChI is InChI=1S/C16H23N3O/c1-2-3-4-5-6-7-11-15-18-16(19-20-15)13-9-8-10-14(17)12-13/h8-10,12H,2-7,11,17H2,1H3. The predicted octanol–water partition coefficient (Wildman–Crippen LogP) is 4.22. The molecule has 0 aliphatic carbocycles. The highest BCUT2D eigenvalue weighted by molar-refractivity contribution is 5.60. The topological polar surface area (TPSA) is 64.9 Å². The minimum absolute atomic E-state index is 0.623. The Kier molecular flexibility index (Phi) is 5.59. The number of aryl methyl sites for hydroxylation is 1. The second-order valence-corrected chi connectivity index (χ2v) is 5.15. The quantitative estimate of drug-likeness (QED) is 0.577. The molecule has 0 saturated carbocycles. The van der Waals surface area contributed by atoms with E-state index in [2.05, 4.69) is 17.1 Å². The van der Waals surface area contributed by atoms with E-state index in [0.29, 0.717) is 11.5 Å². The predicted molar refractivity (Wildman–Crippen MR) is 81.2 cm³/mol. The van der Waals surface area contributed by atoms with E-state index in [4.69, 9.17) is 10.3 Å². The molecular weight excluding hydrogens is 250 g/mol. The van der Waals surface area contributed by atoms with Crippen molar-refractivity contribution in [2.75, 3.05) is 5.73 Å². The highest BCUT2D eigenvalue weighted by Crippen LogP contribution is 2.19. The first kappa shape index (κ1) is 14.6. The van der Waals surface area contributed by atoms with E-state index >= 15 is 0 Å². The van der Waals surface area contributed by atoms with Gasteiger partial charge >= 0.3 is 0 Å². The number of anilines is 1. The maximum Gasteiger partial charge on any atom is 0.226 e. The van der Waals surface area contributed by atoms with Gasteiger partial charge in [-0.15, -0.1) is 0 Å². The molecule has 0 radical (unpaired) electrons. The third-order valence-corrected chi connectivity index (χ3v) is 3.36. The van der Waals surface area contributed by atoms with Gasteiger partial charge < -0.3 is 10.3 Å². The monoisotopic (exact) mass is 273 g/mol. The van der Waals surface area contributed by atoms with Gasteiger partial charge in [-0.05, 0) is 18.6 Å². The second kappa shape index (κ2) is 7.68. The van der Waals surface area contributed by atoms with Crippen LogP contribution in [0.1, 0.15) is 51.3 Å². The van der Waals surface area contributed by atoms with Crippen LogP contribution in [0.2, 0.25) is 0 Å². The summed E-state index contributed by atoms with van der Waals surface area (Å²) in [6.45, 7) is 2.23. The van der Waals surface area contributed by atoms with Crippen LogP contribution >= 0.6 is 0 Å². The minimum atomic E-state index is 0.623. The van der Waals surface area contributed by atoms with Crippen molar-refractivity contribution in [3.8, 4) is 11.4 Å². The first-order valence-electron chi connectivity index (χ1n) is 7.48. The van der Waals surface area contributed by atoms with Crippen molar-refractivity contribution >= 4 is 5.69 Å². The first-order valence-corrected chi connectivity index (χ1v) is 7.48. The van der Waals surface area contributed by atoms with Crippen molar-refractivity contribution in [3.05, 3.63) is 30.2 Å². The molecule has 0 aliphatic rings. The fourth-order valence-corrected chi connectivity index (χ4v) is 2.21. The third-order valence-electron chi connectivity index (χ3n) is 3.36. The summed E-state index contributed by atoms with van der Waals surface area (Å²) in [5.74, 6) is 1.34. The number of rotatable bonds is 8. The number of nitrogens with two attached hydrogens (primary N) is 1. The highest BCUT2D eigenvalue weighted by Gasteiger charge is 2.08. The molecule has 0 bridgehead atoms. The van der Waals surface area contributed by atoms with Crippen LogP contribution in [0, 0.1) is 0 Å². The van der Waals surface area contributed by atoms with Crippen LogP contribution < -0.4 is 5.73 Å². The summed E-state index contributed by atoms with van der Waals surface area (Å²) in [6.07, 6.45) is 8.45. The Balaban J connectivity index is 1.80. The van der Waals surface area contributed by atoms with Crippen molar-refractivity contribution < 1.29 is 4.52 Å². The van der Waals surface area contributed by atoms with E-state index in [1.54, 1.807) is 0 Å². The number of aromatic nitrogens is 2. The van der Waals surface area contributed by atoms with Crippen molar-refractivity contribution in [1.82, 2.24) is 10.1 Å². The van der Waals surface area contributed by atoms with Crippen LogP contribution in [0.4, 0.5) is 5.69 Å². The molecule has 4 nitrogen and oxygen atoms in total. The van der Waals surface area contributed by atoms with Gasteiger partial charge in [-0.25, -0.2) is 0 Å². The van der Waals surface area contributed by atoms with E-state index in [1.807, 2.05) is 24.3 Å². The van der Waals surface area contributed by atoms with E-state index in [-0.39, 0.29) is 0 Å². The lowest BCUT2D eigenvalue weighted by Crippen LogP contribution is -1.88. The minimum Gasteiger partial charge on any atom is -0.399 e. The summed E-state index contributed by atoms with van der Waals surface area (Å²) in [6, 6.07) is 7.55. The lowest BCUT2D eigenvalue weighted by atomic mass is 10.1. The normalized spacial score (nSPS) is 10.8. The third kappa shape index (κ3) is 4.37. The van der Waals surface area contributed by atoms with Gasteiger partial charge in [0.05, 0.1) is 0 Å². The lowest BCUT2D eigenvalue weighted by molar-refractivity contribution is 0.373. The molecular formula is C16H23N3O. The fourth-order valence-electron chi connectivity index (χ4n) is 2.21. The zero-order valence-corrected chi connectivity index (χ0v) is 12.1. The summed E-state index contributed by atoms with van der Waals surface area (Å²) < 4.78 is 5.28. The Morgan fingerprint density at radius 1 is 1.10 bits per heavy atom. The van der Waals surface area contributed by atoms with Gasteiger partial charge in [0.25, 0.3) is 0 Å². The van der Waals surface area contributed by atoms with E-state index in [1.165, 1.54) is 32.1 Å².